The van der Waals surface area contributed by atoms with Crippen molar-refractivity contribution in [3.05, 3.63) is 42.2 Å². The van der Waals surface area contributed by atoms with Crippen molar-refractivity contribution in [1.29, 1.82) is 0 Å². The first-order valence-corrected chi connectivity index (χ1v) is 6.59. The quantitative estimate of drug-likeness (QED) is 0.821. The predicted molar refractivity (Wildman–Crippen MR) is 74.8 cm³/mol. The third-order valence-electron chi connectivity index (χ3n) is 3.33. The molecule has 0 N–H and O–H groups in total. The van der Waals surface area contributed by atoms with E-state index in [1.165, 1.54) is 5.56 Å². The van der Waals surface area contributed by atoms with Crippen molar-refractivity contribution in [3.8, 4) is 22.6 Å². The molecule has 2 aromatic rings. The van der Waals surface area contributed by atoms with Crippen LogP contribution in [0.2, 0.25) is 0 Å². The minimum Gasteiger partial charge on any atom is -0.486 e. The van der Waals surface area contributed by atoms with Gasteiger partial charge in [0, 0.05) is 18.0 Å². The summed E-state index contributed by atoms with van der Waals surface area (Å²) in [4.78, 5) is 4.24. The molecular weight excluding hydrogens is 238 g/mol. The van der Waals surface area contributed by atoms with Gasteiger partial charge in [0.25, 0.3) is 0 Å². The van der Waals surface area contributed by atoms with Crippen molar-refractivity contribution < 1.29 is 9.47 Å². The van der Waals surface area contributed by atoms with Crippen molar-refractivity contribution in [1.82, 2.24) is 4.98 Å². The molecule has 0 amide bonds. The Balaban J connectivity index is 2.07. The number of nitrogens with zero attached hydrogens (tertiary/aromatic N) is 1. The first-order valence-electron chi connectivity index (χ1n) is 6.59. The van der Waals surface area contributed by atoms with Crippen LogP contribution in [0.5, 0.6) is 11.5 Å². The van der Waals surface area contributed by atoms with Crippen LogP contribution >= 0.6 is 0 Å². The van der Waals surface area contributed by atoms with Crippen LogP contribution in [-0.4, -0.2) is 18.2 Å². The van der Waals surface area contributed by atoms with E-state index in [0.29, 0.717) is 19.1 Å². The molecule has 0 spiro atoms. The summed E-state index contributed by atoms with van der Waals surface area (Å²) in [6, 6.07) is 8.16. The van der Waals surface area contributed by atoms with E-state index in [-0.39, 0.29) is 0 Å². The molecule has 0 unspecified atom stereocenters. The molecule has 0 aliphatic carbocycles. The molecule has 0 atom stereocenters. The van der Waals surface area contributed by atoms with Crippen molar-refractivity contribution in [2.75, 3.05) is 13.2 Å². The largest absolute Gasteiger partial charge is 0.486 e. The summed E-state index contributed by atoms with van der Waals surface area (Å²) in [7, 11) is 0. The molecule has 2 heterocycles. The molecule has 0 fully saturated rings. The standard InChI is InChI=1S/C16H17NO2/c1-11(2)13-5-6-17-10-14(13)12-3-4-15-16(9-12)19-8-7-18-15/h3-6,9-11H,7-8H2,1-2H3. The van der Waals surface area contributed by atoms with Gasteiger partial charge in [-0.05, 0) is 35.2 Å². The van der Waals surface area contributed by atoms with Crippen molar-refractivity contribution in [3.63, 3.8) is 0 Å². The lowest BCUT2D eigenvalue weighted by atomic mass is 9.94. The van der Waals surface area contributed by atoms with Crippen LogP contribution in [0.3, 0.4) is 0 Å². The lowest BCUT2D eigenvalue weighted by molar-refractivity contribution is 0.171. The zero-order valence-electron chi connectivity index (χ0n) is 11.2. The van der Waals surface area contributed by atoms with Crippen LogP contribution in [-0.2, 0) is 0 Å². The predicted octanol–water partition coefficient (Wildman–Crippen LogP) is 3.64. The highest BCUT2D eigenvalue weighted by molar-refractivity contribution is 5.70. The molecule has 1 aromatic carbocycles. The van der Waals surface area contributed by atoms with Crippen LogP contribution < -0.4 is 9.47 Å². The van der Waals surface area contributed by atoms with Crippen LogP contribution in [0.4, 0.5) is 0 Å². The fourth-order valence-electron chi connectivity index (χ4n) is 2.36. The van der Waals surface area contributed by atoms with Crippen molar-refractivity contribution in [2.24, 2.45) is 0 Å². The Labute approximate surface area is 113 Å². The highest BCUT2D eigenvalue weighted by Gasteiger charge is 2.14. The monoisotopic (exact) mass is 255 g/mol. The Morgan fingerprint density at radius 2 is 1.84 bits per heavy atom. The molecule has 0 bridgehead atoms. The average molecular weight is 255 g/mol. The summed E-state index contributed by atoms with van der Waals surface area (Å²) < 4.78 is 11.2. The van der Waals surface area contributed by atoms with Gasteiger partial charge in [-0.3, -0.25) is 4.98 Å². The molecule has 1 aliphatic heterocycles. The number of benzene rings is 1. The molecule has 1 aliphatic rings. The Morgan fingerprint density at radius 3 is 2.63 bits per heavy atom. The number of pyridine rings is 1. The molecule has 0 radical (unpaired) electrons. The summed E-state index contributed by atoms with van der Waals surface area (Å²) in [5.41, 5.74) is 3.59. The third kappa shape index (κ3) is 2.28. The van der Waals surface area contributed by atoms with Gasteiger partial charge in [-0.25, -0.2) is 0 Å². The molecule has 0 saturated heterocycles. The number of aromatic nitrogens is 1. The molecule has 3 nitrogen and oxygen atoms in total. The van der Waals surface area contributed by atoms with E-state index >= 15 is 0 Å². The van der Waals surface area contributed by atoms with Crippen LogP contribution in [0.1, 0.15) is 25.3 Å². The second-order valence-corrected chi connectivity index (χ2v) is 4.98. The van der Waals surface area contributed by atoms with Crippen LogP contribution in [0.15, 0.2) is 36.7 Å². The Kier molecular flexibility index (Phi) is 3.11. The Morgan fingerprint density at radius 1 is 1.05 bits per heavy atom. The van der Waals surface area contributed by atoms with Crippen LogP contribution in [0, 0.1) is 0 Å². The van der Waals surface area contributed by atoms with Crippen LogP contribution in [0.25, 0.3) is 11.1 Å². The van der Waals surface area contributed by atoms with Crippen molar-refractivity contribution in [2.45, 2.75) is 19.8 Å². The SMILES string of the molecule is CC(C)c1ccncc1-c1ccc2c(c1)OCCO2. The number of ether oxygens (including phenoxy) is 2. The van der Waals surface area contributed by atoms with E-state index < -0.39 is 0 Å². The zero-order valence-corrected chi connectivity index (χ0v) is 11.2. The number of hydrogen-bond acceptors (Lipinski definition) is 3. The summed E-state index contributed by atoms with van der Waals surface area (Å²) in [6.07, 6.45) is 3.76. The average Bonchev–Trinajstić information content (AvgIpc) is 2.46. The van der Waals surface area contributed by atoms with E-state index in [9.17, 15) is 0 Å². The Hall–Kier alpha value is -2.03. The number of fused-ring (bicyclic) bond motifs is 1. The number of rotatable bonds is 2. The molecule has 19 heavy (non-hydrogen) atoms. The lowest BCUT2D eigenvalue weighted by Crippen LogP contribution is -2.15. The van der Waals surface area contributed by atoms with Gasteiger partial charge >= 0.3 is 0 Å². The molecule has 98 valence electrons. The maximum absolute atomic E-state index is 5.64. The van der Waals surface area contributed by atoms with Gasteiger partial charge in [-0.15, -0.1) is 0 Å². The summed E-state index contributed by atoms with van der Waals surface area (Å²) in [6.45, 7) is 5.62. The first-order chi connectivity index (χ1) is 9.25. The molecule has 3 rings (SSSR count). The van der Waals surface area contributed by atoms with Gasteiger partial charge in [-0.2, -0.15) is 0 Å². The molecular formula is C16H17NO2. The van der Waals surface area contributed by atoms with Gasteiger partial charge in [0.2, 0.25) is 0 Å². The summed E-state index contributed by atoms with van der Waals surface area (Å²) in [5.74, 6) is 2.11. The zero-order chi connectivity index (χ0) is 13.2. The van der Waals surface area contributed by atoms with Gasteiger partial charge in [-0.1, -0.05) is 19.9 Å². The van der Waals surface area contributed by atoms with E-state index in [1.54, 1.807) is 0 Å². The lowest BCUT2D eigenvalue weighted by Gasteiger charge is -2.19. The molecule has 3 heteroatoms. The maximum Gasteiger partial charge on any atom is 0.161 e. The van der Waals surface area contributed by atoms with Gasteiger partial charge < -0.3 is 9.47 Å². The minimum atomic E-state index is 0.464. The normalized spacial score (nSPS) is 13.6. The van der Waals surface area contributed by atoms with Crippen molar-refractivity contribution >= 4 is 0 Å². The summed E-state index contributed by atoms with van der Waals surface area (Å²) in [5, 5.41) is 0. The highest BCUT2D eigenvalue weighted by atomic mass is 16.6. The minimum absolute atomic E-state index is 0.464. The maximum atomic E-state index is 5.64. The highest BCUT2D eigenvalue weighted by Crippen LogP contribution is 2.36. The van der Waals surface area contributed by atoms with E-state index in [0.717, 1.165) is 22.6 Å². The number of hydrogen-bond donors (Lipinski definition) is 0. The summed E-state index contributed by atoms with van der Waals surface area (Å²) >= 11 is 0. The fourth-order valence-corrected chi connectivity index (χ4v) is 2.36. The van der Waals surface area contributed by atoms with E-state index in [1.807, 2.05) is 24.5 Å². The van der Waals surface area contributed by atoms with Gasteiger partial charge in [0.15, 0.2) is 11.5 Å². The first kappa shape index (κ1) is 12.0. The second kappa shape index (κ2) is 4.92. The molecule has 1 aromatic heterocycles. The third-order valence-corrected chi connectivity index (χ3v) is 3.33. The topological polar surface area (TPSA) is 31.4 Å². The van der Waals surface area contributed by atoms with E-state index in [4.69, 9.17) is 9.47 Å². The Bertz CT molecular complexity index is 593. The fraction of sp³-hybridized carbons (Fsp3) is 0.312. The molecule has 0 saturated carbocycles. The van der Waals surface area contributed by atoms with Gasteiger partial charge in [0.05, 0.1) is 0 Å². The van der Waals surface area contributed by atoms with E-state index in [2.05, 4.69) is 31.0 Å². The van der Waals surface area contributed by atoms with Gasteiger partial charge in [0.1, 0.15) is 13.2 Å². The smallest absolute Gasteiger partial charge is 0.161 e. The second-order valence-electron chi connectivity index (χ2n) is 4.98.